The van der Waals surface area contributed by atoms with E-state index in [1.165, 1.54) is 25.9 Å². The molecule has 1 aliphatic heterocycles. The Hall–Kier alpha value is -0.770. The van der Waals surface area contributed by atoms with Crippen molar-refractivity contribution in [2.75, 3.05) is 26.2 Å². The van der Waals surface area contributed by atoms with Crippen LogP contribution in [0.1, 0.15) is 26.7 Å². The van der Waals surface area contributed by atoms with Gasteiger partial charge in [-0.2, -0.15) is 0 Å². The van der Waals surface area contributed by atoms with E-state index in [1.807, 2.05) is 0 Å². The molecule has 0 aliphatic carbocycles. The second kappa shape index (κ2) is 5.95. The van der Waals surface area contributed by atoms with Gasteiger partial charge in [-0.05, 0) is 31.2 Å². The summed E-state index contributed by atoms with van der Waals surface area (Å²) in [5.74, 6) is 1.60. The molecule has 0 bridgehead atoms. The van der Waals surface area contributed by atoms with Gasteiger partial charge in [0, 0.05) is 19.6 Å². The van der Waals surface area contributed by atoms with Crippen LogP contribution >= 0.6 is 0 Å². The van der Waals surface area contributed by atoms with Gasteiger partial charge in [0.15, 0.2) is 5.96 Å². The summed E-state index contributed by atoms with van der Waals surface area (Å²) in [5.41, 5.74) is 10.7. The van der Waals surface area contributed by atoms with Crippen molar-refractivity contribution in [1.29, 1.82) is 0 Å². The number of likely N-dealkylation sites (tertiary alicyclic amines) is 1. The Bertz CT molecular complexity index is 209. The van der Waals surface area contributed by atoms with E-state index in [4.69, 9.17) is 11.5 Å². The van der Waals surface area contributed by atoms with Gasteiger partial charge in [0.25, 0.3) is 0 Å². The Morgan fingerprint density at radius 2 is 2.20 bits per heavy atom. The molecule has 0 saturated carbocycles. The van der Waals surface area contributed by atoms with E-state index >= 15 is 0 Å². The third-order valence-corrected chi connectivity index (χ3v) is 2.76. The van der Waals surface area contributed by atoms with Crippen molar-refractivity contribution in [2.24, 2.45) is 28.3 Å². The third kappa shape index (κ3) is 5.02. The quantitative estimate of drug-likeness (QED) is 0.530. The van der Waals surface area contributed by atoms with E-state index in [0.29, 0.717) is 5.92 Å². The first-order valence-corrected chi connectivity index (χ1v) is 5.85. The molecule has 0 amide bonds. The topological polar surface area (TPSA) is 67.6 Å². The summed E-state index contributed by atoms with van der Waals surface area (Å²) in [6.07, 6.45) is 2.53. The van der Waals surface area contributed by atoms with Crippen molar-refractivity contribution in [2.45, 2.75) is 26.7 Å². The molecule has 1 heterocycles. The van der Waals surface area contributed by atoms with E-state index in [2.05, 4.69) is 23.7 Å². The van der Waals surface area contributed by atoms with Crippen LogP contribution in [0.5, 0.6) is 0 Å². The number of guanidine groups is 1. The molecule has 0 aromatic heterocycles. The Morgan fingerprint density at radius 1 is 1.47 bits per heavy atom. The first-order valence-electron chi connectivity index (χ1n) is 5.85. The van der Waals surface area contributed by atoms with Gasteiger partial charge in [-0.3, -0.25) is 4.99 Å². The van der Waals surface area contributed by atoms with Crippen LogP contribution in [0.3, 0.4) is 0 Å². The fourth-order valence-electron chi connectivity index (χ4n) is 2.22. The van der Waals surface area contributed by atoms with Gasteiger partial charge < -0.3 is 16.4 Å². The van der Waals surface area contributed by atoms with Crippen LogP contribution in [0.25, 0.3) is 0 Å². The minimum Gasteiger partial charge on any atom is -0.370 e. The zero-order valence-electron chi connectivity index (χ0n) is 9.95. The molecule has 4 nitrogen and oxygen atoms in total. The Morgan fingerprint density at radius 3 is 2.80 bits per heavy atom. The van der Waals surface area contributed by atoms with Gasteiger partial charge in [-0.15, -0.1) is 0 Å². The van der Waals surface area contributed by atoms with Crippen LogP contribution in [0.4, 0.5) is 0 Å². The number of nitrogens with zero attached hydrogens (tertiary/aromatic N) is 2. The van der Waals surface area contributed by atoms with E-state index in [9.17, 15) is 0 Å². The molecule has 0 aromatic carbocycles. The average molecular weight is 212 g/mol. The van der Waals surface area contributed by atoms with Crippen LogP contribution in [0, 0.1) is 11.8 Å². The van der Waals surface area contributed by atoms with Crippen LogP contribution in [-0.2, 0) is 0 Å². The molecular formula is C11H24N4. The first kappa shape index (κ1) is 12.3. The molecule has 1 fully saturated rings. The fraction of sp³-hybridized carbons (Fsp3) is 0.909. The van der Waals surface area contributed by atoms with Crippen molar-refractivity contribution >= 4 is 5.96 Å². The lowest BCUT2D eigenvalue weighted by molar-refractivity contribution is 0.162. The Kier molecular flexibility index (Phi) is 4.88. The summed E-state index contributed by atoms with van der Waals surface area (Å²) < 4.78 is 0. The Labute approximate surface area is 92.7 Å². The lowest BCUT2D eigenvalue weighted by Crippen LogP contribution is -2.39. The van der Waals surface area contributed by atoms with Gasteiger partial charge in [0.2, 0.25) is 0 Å². The number of rotatable bonds is 4. The summed E-state index contributed by atoms with van der Waals surface area (Å²) in [7, 11) is 0. The summed E-state index contributed by atoms with van der Waals surface area (Å²) in [6.45, 7) is 8.89. The van der Waals surface area contributed by atoms with Crippen LogP contribution in [0.2, 0.25) is 0 Å². The first-order chi connectivity index (χ1) is 7.08. The highest BCUT2D eigenvalue weighted by atomic mass is 15.1. The van der Waals surface area contributed by atoms with E-state index in [-0.39, 0.29) is 5.96 Å². The predicted molar refractivity (Wildman–Crippen MR) is 64.7 cm³/mol. The molecule has 0 radical (unpaired) electrons. The fourth-order valence-corrected chi connectivity index (χ4v) is 2.22. The minimum absolute atomic E-state index is 0.219. The summed E-state index contributed by atoms with van der Waals surface area (Å²) in [6, 6.07) is 0. The molecule has 88 valence electrons. The smallest absolute Gasteiger partial charge is 0.185 e. The monoisotopic (exact) mass is 212 g/mol. The van der Waals surface area contributed by atoms with Gasteiger partial charge >= 0.3 is 0 Å². The van der Waals surface area contributed by atoms with E-state index < -0.39 is 0 Å². The maximum Gasteiger partial charge on any atom is 0.185 e. The molecule has 15 heavy (non-hydrogen) atoms. The largest absolute Gasteiger partial charge is 0.370 e. The second-order valence-corrected chi connectivity index (χ2v) is 4.93. The lowest BCUT2D eigenvalue weighted by atomic mass is 9.97. The number of piperidine rings is 1. The van der Waals surface area contributed by atoms with Crippen LogP contribution in [-0.4, -0.2) is 37.0 Å². The molecule has 1 unspecified atom stereocenters. The number of hydrogen-bond donors (Lipinski definition) is 2. The number of nitrogens with two attached hydrogens (primary N) is 2. The molecule has 4 N–H and O–H groups in total. The van der Waals surface area contributed by atoms with Gasteiger partial charge in [-0.25, -0.2) is 0 Å². The van der Waals surface area contributed by atoms with Crippen molar-refractivity contribution in [1.82, 2.24) is 4.90 Å². The van der Waals surface area contributed by atoms with Crippen molar-refractivity contribution in [3.05, 3.63) is 0 Å². The van der Waals surface area contributed by atoms with Crippen LogP contribution < -0.4 is 11.5 Å². The van der Waals surface area contributed by atoms with Crippen molar-refractivity contribution in [3.8, 4) is 0 Å². The Balaban J connectivity index is 2.32. The third-order valence-electron chi connectivity index (χ3n) is 2.76. The summed E-state index contributed by atoms with van der Waals surface area (Å²) in [5, 5.41) is 0. The zero-order chi connectivity index (χ0) is 11.3. The zero-order valence-corrected chi connectivity index (χ0v) is 9.95. The van der Waals surface area contributed by atoms with Gasteiger partial charge in [-0.1, -0.05) is 13.8 Å². The predicted octanol–water partition coefficient (Wildman–Crippen LogP) is 0.628. The second-order valence-electron chi connectivity index (χ2n) is 4.93. The highest BCUT2D eigenvalue weighted by molar-refractivity contribution is 5.75. The molecule has 1 atom stereocenters. The highest BCUT2D eigenvalue weighted by Gasteiger charge is 2.19. The summed E-state index contributed by atoms with van der Waals surface area (Å²) >= 11 is 0. The lowest BCUT2D eigenvalue weighted by Gasteiger charge is -2.33. The highest BCUT2D eigenvalue weighted by Crippen LogP contribution is 2.17. The van der Waals surface area contributed by atoms with Crippen LogP contribution in [0.15, 0.2) is 4.99 Å². The maximum absolute atomic E-state index is 5.34. The van der Waals surface area contributed by atoms with Gasteiger partial charge in [0.05, 0.1) is 0 Å². The molecule has 1 aliphatic rings. The maximum atomic E-state index is 5.34. The minimum atomic E-state index is 0.219. The number of hydrogen-bond acceptors (Lipinski definition) is 2. The van der Waals surface area contributed by atoms with Gasteiger partial charge in [0.1, 0.15) is 0 Å². The SMILES string of the molecule is CC(C)CN1CCCC(CN=C(N)N)C1. The average Bonchev–Trinajstić information content (AvgIpc) is 2.14. The molecule has 4 heteroatoms. The molecule has 1 saturated heterocycles. The standard InChI is InChI=1S/C11H24N4/c1-9(2)7-15-5-3-4-10(8-15)6-14-11(12)13/h9-10H,3-8H2,1-2H3,(H4,12,13,14). The summed E-state index contributed by atoms with van der Waals surface area (Å²) in [4.78, 5) is 6.64. The van der Waals surface area contributed by atoms with E-state index in [0.717, 1.165) is 19.0 Å². The molecule has 1 rings (SSSR count). The molecular weight excluding hydrogens is 188 g/mol. The van der Waals surface area contributed by atoms with E-state index in [1.54, 1.807) is 0 Å². The molecule has 0 spiro atoms. The number of aliphatic imine (C=N–C) groups is 1. The van der Waals surface area contributed by atoms with Crippen molar-refractivity contribution in [3.63, 3.8) is 0 Å². The normalized spacial score (nSPS) is 23.0. The molecule has 0 aromatic rings. The van der Waals surface area contributed by atoms with Crippen molar-refractivity contribution < 1.29 is 0 Å².